The van der Waals surface area contributed by atoms with Gasteiger partial charge >= 0.3 is 0 Å². The maximum absolute atomic E-state index is 12.1. The van der Waals surface area contributed by atoms with Crippen LogP contribution in [0, 0.1) is 0 Å². The largest absolute Gasteiger partial charge is 0.493 e. The van der Waals surface area contributed by atoms with Gasteiger partial charge in [0, 0.05) is 44.4 Å². The van der Waals surface area contributed by atoms with Crippen LogP contribution in [0.25, 0.3) is 0 Å². The van der Waals surface area contributed by atoms with Crippen LogP contribution in [-0.4, -0.2) is 56.7 Å². The Hall–Kier alpha value is -2.44. The van der Waals surface area contributed by atoms with Gasteiger partial charge in [-0.3, -0.25) is 9.79 Å². The minimum absolute atomic E-state index is 0.285. The van der Waals surface area contributed by atoms with Gasteiger partial charge < -0.3 is 25.0 Å². The van der Waals surface area contributed by atoms with E-state index in [2.05, 4.69) is 15.6 Å². The Morgan fingerprint density at radius 3 is 2.82 bits per heavy atom. The third-order valence-corrected chi connectivity index (χ3v) is 4.60. The van der Waals surface area contributed by atoms with E-state index < -0.39 is 0 Å². The highest BCUT2D eigenvalue weighted by molar-refractivity contribution is 5.93. The molecule has 1 aromatic carbocycles. The fraction of sp³-hybridized carbons (Fsp3) is 0.619. The van der Waals surface area contributed by atoms with E-state index in [1.54, 1.807) is 7.11 Å². The van der Waals surface area contributed by atoms with E-state index in [1.165, 1.54) is 0 Å². The molecule has 1 heterocycles. The van der Waals surface area contributed by atoms with E-state index in [-0.39, 0.29) is 5.91 Å². The fourth-order valence-electron chi connectivity index (χ4n) is 3.19. The number of hydrogen-bond donors (Lipinski definition) is 2. The first-order valence-corrected chi connectivity index (χ1v) is 10.3. The van der Waals surface area contributed by atoms with E-state index >= 15 is 0 Å². The van der Waals surface area contributed by atoms with Crippen molar-refractivity contribution in [1.29, 1.82) is 0 Å². The van der Waals surface area contributed by atoms with Crippen LogP contribution < -0.4 is 20.1 Å². The molecule has 28 heavy (non-hydrogen) atoms. The molecule has 156 valence electrons. The molecule has 0 unspecified atom stereocenters. The number of anilines is 1. The molecular weight excluding hydrogens is 356 g/mol. The molecule has 0 bridgehead atoms. The molecule has 7 nitrogen and oxygen atoms in total. The van der Waals surface area contributed by atoms with Crippen LogP contribution in [0.2, 0.25) is 0 Å². The van der Waals surface area contributed by atoms with Gasteiger partial charge in [0.15, 0.2) is 17.5 Å². The van der Waals surface area contributed by atoms with Gasteiger partial charge in [-0.1, -0.05) is 6.42 Å². The highest BCUT2D eigenvalue weighted by Gasteiger charge is 2.15. The van der Waals surface area contributed by atoms with Crippen molar-refractivity contribution < 1.29 is 14.3 Å². The Kier molecular flexibility index (Phi) is 9.45. The maximum atomic E-state index is 12.1. The lowest BCUT2D eigenvalue weighted by Gasteiger charge is -2.20. The number of nitrogens with one attached hydrogen (secondary N) is 2. The van der Waals surface area contributed by atoms with Crippen LogP contribution in [0.15, 0.2) is 23.2 Å². The van der Waals surface area contributed by atoms with Crippen molar-refractivity contribution in [3.05, 3.63) is 18.2 Å². The van der Waals surface area contributed by atoms with Crippen LogP contribution in [0.4, 0.5) is 5.69 Å². The number of carbonyl (C=O) groups excluding carboxylic acids is 1. The summed E-state index contributed by atoms with van der Waals surface area (Å²) < 4.78 is 11.0. The lowest BCUT2D eigenvalue weighted by molar-refractivity contribution is -0.130. The molecule has 0 aromatic heterocycles. The summed E-state index contributed by atoms with van der Waals surface area (Å²) in [6.45, 7) is 7.66. The second-order valence-electron chi connectivity index (χ2n) is 6.73. The number of hydrogen-bond acceptors (Lipinski definition) is 4. The molecule has 1 amide bonds. The topological polar surface area (TPSA) is 75.2 Å². The Morgan fingerprint density at radius 1 is 1.21 bits per heavy atom. The SMILES string of the molecule is CCNC(=NCCCN1CCCCCC1=O)Nc1ccc(OCC)c(OC)c1. The third-order valence-electron chi connectivity index (χ3n) is 4.60. The van der Waals surface area contributed by atoms with Crippen molar-refractivity contribution in [1.82, 2.24) is 10.2 Å². The molecule has 0 atom stereocenters. The second-order valence-corrected chi connectivity index (χ2v) is 6.73. The molecule has 1 aromatic rings. The van der Waals surface area contributed by atoms with Crippen molar-refractivity contribution in [2.75, 3.05) is 45.2 Å². The maximum Gasteiger partial charge on any atom is 0.222 e. The fourth-order valence-corrected chi connectivity index (χ4v) is 3.19. The van der Waals surface area contributed by atoms with Crippen LogP contribution in [0.5, 0.6) is 11.5 Å². The smallest absolute Gasteiger partial charge is 0.222 e. The van der Waals surface area contributed by atoms with Gasteiger partial charge in [0.1, 0.15) is 0 Å². The highest BCUT2D eigenvalue weighted by Crippen LogP contribution is 2.30. The standard InChI is InChI=1S/C21H34N4O3/c1-4-22-21(23-13-9-15-25-14-8-6-7-10-20(25)26)24-17-11-12-18(28-5-2)19(16-17)27-3/h11-12,16H,4-10,13-15H2,1-3H3,(H2,22,23,24). The van der Waals surface area contributed by atoms with E-state index in [4.69, 9.17) is 9.47 Å². The molecule has 0 aliphatic carbocycles. The van der Waals surface area contributed by atoms with Gasteiger partial charge in [-0.2, -0.15) is 0 Å². The molecule has 1 fully saturated rings. The minimum atomic E-state index is 0.285. The van der Waals surface area contributed by atoms with Crippen LogP contribution in [0.3, 0.4) is 0 Å². The number of aliphatic imine (C=N–C) groups is 1. The predicted octanol–water partition coefficient (Wildman–Crippen LogP) is 3.26. The second kappa shape index (κ2) is 12.1. The predicted molar refractivity (Wildman–Crippen MR) is 113 cm³/mol. The first-order valence-electron chi connectivity index (χ1n) is 10.3. The zero-order chi connectivity index (χ0) is 20.2. The Labute approximate surface area is 168 Å². The summed E-state index contributed by atoms with van der Waals surface area (Å²) in [4.78, 5) is 18.7. The number of likely N-dealkylation sites (tertiary alicyclic amines) is 1. The summed E-state index contributed by atoms with van der Waals surface area (Å²) >= 11 is 0. The quantitative estimate of drug-likeness (QED) is 0.385. The average molecular weight is 391 g/mol. The van der Waals surface area contributed by atoms with Crippen molar-refractivity contribution in [2.24, 2.45) is 4.99 Å². The minimum Gasteiger partial charge on any atom is -0.493 e. The normalized spacial score (nSPS) is 15.2. The number of benzene rings is 1. The molecule has 0 saturated carbocycles. The number of ether oxygens (including phenoxy) is 2. The summed E-state index contributed by atoms with van der Waals surface area (Å²) in [6.07, 6.45) is 4.83. The van der Waals surface area contributed by atoms with Crippen molar-refractivity contribution in [3.63, 3.8) is 0 Å². The van der Waals surface area contributed by atoms with Gasteiger partial charge in [0.2, 0.25) is 5.91 Å². The number of guanidine groups is 1. The molecule has 1 aliphatic heterocycles. The molecule has 0 spiro atoms. The summed E-state index contributed by atoms with van der Waals surface area (Å²) in [5, 5.41) is 6.56. The highest BCUT2D eigenvalue weighted by atomic mass is 16.5. The molecule has 1 saturated heterocycles. The summed E-state index contributed by atoms with van der Waals surface area (Å²) in [5.74, 6) is 2.41. The van der Waals surface area contributed by atoms with Gasteiger partial charge in [-0.25, -0.2) is 0 Å². The van der Waals surface area contributed by atoms with Crippen LogP contribution in [-0.2, 0) is 4.79 Å². The van der Waals surface area contributed by atoms with E-state index in [1.807, 2.05) is 36.9 Å². The van der Waals surface area contributed by atoms with E-state index in [9.17, 15) is 4.79 Å². The van der Waals surface area contributed by atoms with E-state index in [0.717, 1.165) is 62.7 Å². The van der Waals surface area contributed by atoms with Gasteiger partial charge in [0.25, 0.3) is 0 Å². The van der Waals surface area contributed by atoms with Crippen molar-refractivity contribution in [2.45, 2.75) is 46.0 Å². The number of methoxy groups -OCH3 is 1. The Morgan fingerprint density at radius 2 is 2.07 bits per heavy atom. The van der Waals surface area contributed by atoms with Gasteiger partial charge in [-0.05, 0) is 45.2 Å². The molecule has 2 rings (SSSR count). The van der Waals surface area contributed by atoms with Gasteiger partial charge in [0.05, 0.1) is 13.7 Å². The molecule has 2 N–H and O–H groups in total. The zero-order valence-electron chi connectivity index (χ0n) is 17.4. The molecular formula is C21H34N4O3. The Bertz CT molecular complexity index is 649. The van der Waals surface area contributed by atoms with Crippen molar-refractivity contribution in [3.8, 4) is 11.5 Å². The summed E-state index contributed by atoms with van der Waals surface area (Å²) in [5.41, 5.74) is 0.877. The number of nitrogens with zero attached hydrogens (tertiary/aromatic N) is 2. The zero-order valence-corrected chi connectivity index (χ0v) is 17.4. The van der Waals surface area contributed by atoms with E-state index in [0.29, 0.717) is 25.3 Å². The molecule has 1 aliphatic rings. The first-order chi connectivity index (χ1) is 13.7. The number of rotatable bonds is 9. The van der Waals surface area contributed by atoms with Crippen LogP contribution >= 0.6 is 0 Å². The summed E-state index contributed by atoms with van der Waals surface area (Å²) in [6, 6.07) is 5.73. The van der Waals surface area contributed by atoms with Crippen molar-refractivity contribution >= 4 is 17.6 Å². The molecule has 0 radical (unpaired) electrons. The average Bonchev–Trinajstić information content (AvgIpc) is 2.90. The number of amides is 1. The number of carbonyl (C=O) groups is 1. The monoisotopic (exact) mass is 390 g/mol. The third kappa shape index (κ3) is 6.94. The van der Waals surface area contributed by atoms with Gasteiger partial charge in [-0.15, -0.1) is 0 Å². The lowest BCUT2D eigenvalue weighted by Crippen LogP contribution is -2.32. The first kappa shape index (κ1) is 21.9. The Balaban J connectivity index is 1.91. The van der Waals surface area contributed by atoms with Crippen LogP contribution in [0.1, 0.15) is 46.0 Å². The molecule has 7 heteroatoms. The summed E-state index contributed by atoms with van der Waals surface area (Å²) in [7, 11) is 1.63. The lowest BCUT2D eigenvalue weighted by atomic mass is 10.2.